The maximum Gasteiger partial charge on any atom is 0.331 e. The largest absolute Gasteiger partial charge is 0.463 e. The zero-order valence-electron chi connectivity index (χ0n) is 13.1. The molecule has 120 valence electrons. The van der Waals surface area contributed by atoms with Gasteiger partial charge in [0.1, 0.15) is 0 Å². The molecule has 0 amide bonds. The van der Waals surface area contributed by atoms with Crippen LogP contribution in [0.15, 0.2) is 48.5 Å². The van der Waals surface area contributed by atoms with Gasteiger partial charge in [0.15, 0.2) is 0 Å². The first-order chi connectivity index (χ1) is 11.0. The predicted octanol–water partition coefficient (Wildman–Crippen LogP) is 5.55. The van der Waals surface area contributed by atoms with E-state index in [4.69, 9.17) is 27.9 Å². The molecule has 0 aliphatic rings. The Morgan fingerprint density at radius 2 is 1.65 bits per heavy atom. The van der Waals surface area contributed by atoms with E-state index >= 15 is 0 Å². The van der Waals surface area contributed by atoms with Gasteiger partial charge in [-0.3, -0.25) is 0 Å². The second kappa shape index (κ2) is 8.19. The van der Waals surface area contributed by atoms with Crippen molar-refractivity contribution in [1.29, 1.82) is 0 Å². The Hall–Kier alpha value is -1.77. The minimum absolute atomic E-state index is 0.332. The predicted molar refractivity (Wildman–Crippen MR) is 96.0 cm³/mol. The highest BCUT2D eigenvalue weighted by Crippen LogP contribution is 2.30. The van der Waals surface area contributed by atoms with Crippen LogP contribution >= 0.6 is 23.2 Å². The standard InChI is InChI=1S/C19H18Cl2O2/c1-3-13-5-7-14(8-6-13)16(12-19(22)23-4-2)15-9-10-17(20)18(21)11-15/h5-12H,3-4H2,1-2H3. The van der Waals surface area contributed by atoms with Crippen molar-refractivity contribution in [2.45, 2.75) is 20.3 Å². The quantitative estimate of drug-likeness (QED) is 0.522. The van der Waals surface area contributed by atoms with Crippen molar-refractivity contribution in [3.8, 4) is 0 Å². The summed E-state index contributed by atoms with van der Waals surface area (Å²) in [5.74, 6) is -0.381. The van der Waals surface area contributed by atoms with Crippen LogP contribution in [0.3, 0.4) is 0 Å². The zero-order valence-corrected chi connectivity index (χ0v) is 14.6. The van der Waals surface area contributed by atoms with E-state index in [1.165, 1.54) is 11.6 Å². The second-order valence-corrected chi connectivity index (χ2v) is 5.80. The number of carbonyl (C=O) groups excluding carboxylic acids is 1. The van der Waals surface area contributed by atoms with E-state index in [9.17, 15) is 4.79 Å². The maximum atomic E-state index is 11.9. The van der Waals surface area contributed by atoms with Gasteiger partial charge in [-0.2, -0.15) is 0 Å². The number of ether oxygens (including phenoxy) is 1. The summed E-state index contributed by atoms with van der Waals surface area (Å²) in [7, 11) is 0. The first-order valence-electron chi connectivity index (χ1n) is 7.48. The van der Waals surface area contributed by atoms with Crippen LogP contribution in [-0.2, 0) is 16.0 Å². The minimum atomic E-state index is -0.381. The zero-order chi connectivity index (χ0) is 16.8. The number of aryl methyl sites for hydroxylation is 1. The van der Waals surface area contributed by atoms with Crippen LogP contribution in [0.25, 0.3) is 5.57 Å². The van der Waals surface area contributed by atoms with Crippen molar-refractivity contribution >= 4 is 34.7 Å². The molecule has 0 aliphatic carbocycles. The van der Waals surface area contributed by atoms with Gasteiger partial charge in [-0.1, -0.05) is 60.5 Å². The molecule has 0 atom stereocenters. The molecule has 0 bridgehead atoms. The maximum absolute atomic E-state index is 11.9. The molecule has 0 heterocycles. The second-order valence-electron chi connectivity index (χ2n) is 4.99. The molecule has 2 aromatic carbocycles. The topological polar surface area (TPSA) is 26.3 Å². The molecule has 0 aromatic heterocycles. The molecule has 0 N–H and O–H groups in total. The Kier molecular flexibility index (Phi) is 6.26. The van der Waals surface area contributed by atoms with E-state index in [0.717, 1.165) is 23.1 Å². The highest BCUT2D eigenvalue weighted by Gasteiger charge is 2.10. The van der Waals surface area contributed by atoms with Crippen molar-refractivity contribution in [3.05, 3.63) is 75.3 Å². The van der Waals surface area contributed by atoms with E-state index in [1.807, 2.05) is 30.3 Å². The lowest BCUT2D eigenvalue weighted by molar-refractivity contribution is -0.137. The number of carbonyl (C=O) groups is 1. The first-order valence-corrected chi connectivity index (χ1v) is 8.24. The summed E-state index contributed by atoms with van der Waals surface area (Å²) in [6.07, 6.45) is 2.45. The van der Waals surface area contributed by atoms with E-state index < -0.39 is 0 Å². The number of esters is 1. The Balaban J connectivity index is 2.50. The van der Waals surface area contributed by atoms with Gasteiger partial charge in [-0.15, -0.1) is 0 Å². The van der Waals surface area contributed by atoms with Crippen molar-refractivity contribution in [1.82, 2.24) is 0 Å². The van der Waals surface area contributed by atoms with E-state index in [1.54, 1.807) is 19.1 Å². The Bertz CT molecular complexity index is 719. The fourth-order valence-electron chi connectivity index (χ4n) is 2.22. The molecule has 4 heteroatoms. The highest BCUT2D eigenvalue weighted by atomic mass is 35.5. The lowest BCUT2D eigenvalue weighted by atomic mass is 9.96. The average Bonchev–Trinajstić information content (AvgIpc) is 2.56. The fraction of sp³-hybridized carbons (Fsp3) is 0.211. The van der Waals surface area contributed by atoms with Gasteiger partial charge in [-0.05, 0) is 47.7 Å². The lowest BCUT2D eigenvalue weighted by Crippen LogP contribution is -2.02. The third kappa shape index (κ3) is 4.60. The molecular formula is C19H18Cl2O2. The molecule has 23 heavy (non-hydrogen) atoms. The normalized spacial score (nSPS) is 11.4. The summed E-state index contributed by atoms with van der Waals surface area (Å²) in [4.78, 5) is 11.9. The monoisotopic (exact) mass is 348 g/mol. The van der Waals surface area contributed by atoms with Gasteiger partial charge in [0.2, 0.25) is 0 Å². The number of rotatable bonds is 5. The highest BCUT2D eigenvalue weighted by molar-refractivity contribution is 6.42. The third-order valence-electron chi connectivity index (χ3n) is 3.45. The molecule has 2 nitrogen and oxygen atoms in total. The number of hydrogen-bond acceptors (Lipinski definition) is 2. The molecule has 0 spiro atoms. The van der Waals surface area contributed by atoms with Crippen molar-refractivity contribution in [2.24, 2.45) is 0 Å². The summed E-state index contributed by atoms with van der Waals surface area (Å²) in [5, 5.41) is 0.927. The Labute approximate surface area is 146 Å². The van der Waals surface area contributed by atoms with E-state index in [-0.39, 0.29) is 5.97 Å². The average molecular weight is 349 g/mol. The summed E-state index contributed by atoms with van der Waals surface area (Å²) >= 11 is 12.1. The van der Waals surface area contributed by atoms with Gasteiger partial charge < -0.3 is 4.74 Å². The molecule has 2 aromatic rings. The molecule has 0 fully saturated rings. The Morgan fingerprint density at radius 1 is 1.00 bits per heavy atom. The summed E-state index contributed by atoms with van der Waals surface area (Å²) < 4.78 is 5.04. The van der Waals surface area contributed by atoms with E-state index in [2.05, 4.69) is 6.92 Å². The molecule has 0 aliphatic heterocycles. The molecule has 0 saturated carbocycles. The van der Waals surface area contributed by atoms with Crippen LogP contribution in [-0.4, -0.2) is 12.6 Å². The lowest BCUT2D eigenvalue weighted by Gasteiger charge is -2.10. The van der Waals surface area contributed by atoms with Crippen LogP contribution < -0.4 is 0 Å². The Morgan fingerprint density at radius 3 is 2.22 bits per heavy atom. The smallest absolute Gasteiger partial charge is 0.331 e. The SMILES string of the molecule is CCOC(=O)C=C(c1ccc(CC)cc1)c1ccc(Cl)c(Cl)c1. The fourth-order valence-corrected chi connectivity index (χ4v) is 2.52. The molecule has 0 saturated heterocycles. The molecule has 2 rings (SSSR count). The number of benzene rings is 2. The summed E-state index contributed by atoms with van der Waals surface area (Å²) in [6, 6.07) is 13.4. The molecule has 0 unspecified atom stereocenters. The van der Waals surface area contributed by atoms with Gasteiger partial charge in [0.25, 0.3) is 0 Å². The van der Waals surface area contributed by atoms with Crippen LogP contribution in [0.1, 0.15) is 30.5 Å². The van der Waals surface area contributed by atoms with Gasteiger partial charge in [0.05, 0.1) is 16.7 Å². The first kappa shape index (κ1) is 17.6. The van der Waals surface area contributed by atoms with E-state index in [0.29, 0.717) is 16.7 Å². The summed E-state index contributed by atoms with van der Waals surface area (Å²) in [5.41, 5.74) is 3.73. The van der Waals surface area contributed by atoms with Crippen LogP contribution in [0, 0.1) is 0 Å². The number of hydrogen-bond donors (Lipinski definition) is 0. The van der Waals surface area contributed by atoms with Crippen LogP contribution in [0.4, 0.5) is 0 Å². The van der Waals surface area contributed by atoms with Gasteiger partial charge in [-0.25, -0.2) is 4.79 Å². The van der Waals surface area contributed by atoms with Crippen LogP contribution in [0.2, 0.25) is 10.0 Å². The minimum Gasteiger partial charge on any atom is -0.463 e. The van der Waals surface area contributed by atoms with Gasteiger partial charge >= 0.3 is 5.97 Å². The van der Waals surface area contributed by atoms with Gasteiger partial charge in [0, 0.05) is 6.08 Å². The van der Waals surface area contributed by atoms with Crippen molar-refractivity contribution in [2.75, 3.05) is 6.61 Å². The number of halogens is 2. The van der Waals surface area contributed by atoms with Crippen molar-refractivity contribution in [3.63, 3.8) is 0 Å². The van der Waals surface area contributed by atoms with Crippen molar-refractivity contribution < 1.29 is 9.53 Å². The molecular weight excluding hydrogens is 331 g/mol. The molecule has 0 radical (unpaired) electrons. The summed E-state index contributed by atoms with van der Waals surface area (Å²) in [6.45, 7) is 4.21. The third-order valence-corrected chi connectivity index (χ3v) is 4.19. The van der Waals surface area contributed by atoms with Crippen LogP contribution in [0.5, 0.6) is 0 Å².